The van der Waals surface area contributed by atoms with E-state index in [1.54, 1.807) is 0 Å². The molecule has 2 N–H and O–H groups in total. The Morgan fingerprint density at radius 1 is 1.80 bits per heavy atom. The summed E-state index contributed by atoms with van der Waals surface area (Å²) >= 11 is 0. The van der Waals surface area contributed by atoms with Crippen LogP contribution in [0.1, 0.15) is 16.1 Å². The number of aromatic carboxylic acids is 1. The lowest BCUT2D eigenvalue weighted by Crippen LogP contribution is -1.99. The molecule has 10 heavy (non-hydrogen) atoms. The van der Waals surface area contributed by atoms with Crippen LogP contribution in [0.5, 0.6) is 0 Å². The van der Waals surface area contributed by atoms with E-state index in [4.69, 9.17) is 10.2 Å². The molecule has 0 fully saturated rings. The molecule has 0 saturated heterocycles. The Morgan fingerprint density at radius 2 is 2.50 bits per heavy atom. The summed E-state index contributed by atoms with van der Waals surface area (Å²) in [7, 11) is 0. The molecule has 5 nitrogen and oxygen atoms in total. The number of nitrogens with zero attached hydrogens (tertiary/aromatic N) is 1. The van der Waals surface area contributed by atoms with Gasteiger partial charge in [-0.1, -0.05) is 5.16 Å². The minimum atomic E-state index is -1.15. The van der Waals surface area contributed by atoms with E-state index in [9.17, 15) is 4.79 Å². The van der Waals surface area contributed by atoms with Crippen molar-refractivity contribution < 1.29 is 19.5 Å². The van der Waals surface area contributed by atoms with Gasteiger partial charge in [-0.25, -0.2) is 4.79 Å². The van der Waals surface area contributed by atoms with Crippen LogP contribution in [0.25, 0.3) is 0 Å². The van der Waals surface area contributed by atoms with E-state index in [1.165, 1.54) is 0 Å². The normalized spacial score (nSPS) is 9.70. The minimum absolute atomic E-state index is 0.0486. The Bertz CT molecular complexity index is 242. The molecular weight excluding hydrogens is 138 g/mol. The van der Waals surface area contributed by atoms with Gasteiger partial charge in [-0.3, -0.25) is 0 Å². The highest BCUT2D eigenvalue weighted by atomic mass is 16.5. The summed E-state index contributed by atoms with van der Waals surface area (Å²) in [6.07, 6.45) is 0.980. The second kappa shape index (κ2) is 2.49. The van der Waals surface area contributed by atoms with Gasteiger partial charge < -0.3 is 14.7 Å². The lowest BCUT2D eigenvalue weighted by Gasteiger charge is -1.86. The Labute approximate surface area is 55.9 Å². The maximum atomic E-state index is 10.2. The summed E-state index contributed by atoms with van der Waals surface area (Å²) in [6, 6.07) is 0. The molecule has 0 aliphatic heterocycles. The van der Waals surface area contributed by atoms with E-state index in [1.807, 2.05) is 0 Å². The first-order chi connectivity index (χ1) is 4.75. The minimum Gasteiger partial charge on any atom is -0.478 e. The van der Waals surface area contributed by atoms with Crippen molar-refractivity contribution in [2.45, 2.75) is 6.61 Å². The summed E-state index contributed by atoms with van der Waals surface area (Å²) < 4.78 is 4.31. The first-order valence-electron chi connectivity index (χ1n) is 2.53. The molecule has 0 aliphatic rings. The third kappa shape index (κ3) is 0.985. The highest BCUT2D eigenvalue weighted by Gasteiger charge is 2.12. The molecule has 0 spiro atoms. The van der Waals surface area contributed by atoms with Crippen molar-refractivity contribution in [1.82, 2.24) is 5.16 Å². The summed E-state index contributed by atoms with van der Waals surface area (Å²) in [5.41, 5.74) is -0.0463. The topological polar surface area (TPSA) is 83.6 Å². The number of hydrogen-bond donors (Lipinski definition) is 2. The Balaban J connectivity index is 3.01. The fourth-order valence-corrected chi connectivity index (χ4v) is 0.548. The highest BCUT2D eigenvalue weighted by molar-refractivity contribution is 5.88. The molecule has 0 aromatic carbocycles. The van der Waals surface area contributed by atoms with Crippen LogP contribution >= 0.6 is 0 Å². The van der Waals surface area contributed by atoms with E-state index in [0.29, 0.717) is 0 Å². The van der Waals surface area contributed by atoms with Crippen LogP contribution in [-0.4, -0.2) is 21.3 Å². The molecule has 0 unspecified atom stereocenters. The van der Waals surface area contributed by atoms with Gasteiger partial charge in [0.05, 0.1) is 6.61 Å². The molecule has 5 heteroatoms. The van der Waals surface area contributed by atoms with Crippen LogP contribution in [0.15, 0.2) is 10.8 Å². The van der Waals surface area contributed by atoms with Crippen molar-refractivity contribution in [3.63, 3.8) is 0 Å². The summed E-state index contributed by atoms with van der Waals surface area (Å²) in [5, 5.41) is 20.1. The molecular formula is C5H5NO4. The Hall–Kier alpha value is -1.36. The molecule has 0 amide bonds. The number of rotatable bonds is 2. The maximum absolute atomic E-state index is 10.2. The van der Waals surface area contributed by atoms with E-state index >= 15 is 0 Å². The second-order valence-electron chi connectivity index (χ2n) is 1.64. The van der Waals surface area contributed by atoms with Crippen molar-refractivity contribution in [3.8, 4) is 0 Å². The van der Waals surface area contributed by atoms with Crippen molar-refractivity contribution in [2.24, 2.45) is 0 Å². The van der Waals surface area contributed by atoms with Gasteiger partial charge in [0.1, 0.15) is 17.5 Å². The lowest BCUT2D eigenvalue weighted by atomic mass is 10.3. The molecule has 0 atom stereocenters. The number of hydrogen-bond acceptors (Lipinski definition) is 4. The molecule has 1 rings (SSSR count). The van der Waals surface area contributed by atoms with Gasteiger partial charge in [-0.2, -0.15) is 0 Å². The monoisotopic (exact) mass is 143 g/mol. The largest absolute Gasteiger partial charge is 0.478 e. The van der Waals surface area contributed by atoms with E-state index in [-0.39, 0.29) is 11.3 Å². The molecule has 0 aliphatic carbocycles. The number of aliphatic hydroxyl groups is 1. The molecule has 1 aromatic heterocycles. The predicted molar refractivity (Wildman–Crippen MR) is 29.4 cm³/mol. The van der Waals surface area contributed by atoms with E-state index in [2.05, 4.69) is 9.68 Å². The van der Waals surface area contributed by atoms with Gasteiger partial charge in [-0.05, 0) is 0 Å². The second-order valence-corrected chi connectivity index (χ2v) is 1.64. The number of aromatic nitrogens is 1. The van der Waals surface area contributed by atoms with E-state index in [0.717, 1.165) is 6.26 Å². The number of aliphatic hydroxyl groups excluding tert-OH is 1. The van der Waals surface area contributed by atoms with Crippen LogP contribution in [0.4, 0.5) is 0 Å². The van der Waals surface area contributed by atoms with Crippen molar-refractivity contribution in [1.29, 1.82) is 0 Å². The first-order valence-corrected chi connectivity index (χ1v) is 2.53. The molecule has 54 valence electrons. The number of carbonyl (C=O) groups is 1. The molecule has 1 aromatic rings. The first kappa shape index (κ1) is 6.76. The van der Waals surface area contributed by atoms with Crippen molar-refractivity contribution in [3.05, 3.63) is 17.5 Å². The summed E-state index contributed by atoms with van der Waals surface area (Å²) in [6.45, 7) is -0.419. The quantitative estimate of drug-likeness (QED) is 0.602. The van der Waals surface area contributed by atoms with Gasteiger partial charge in [0.2, 0.25) is 0 Å². The summed E-state index contributed by atoms with van der Waals surface area (Å²) in [5.74, 6) is -1.15. The van der Waals surface area contributed by atoms with Crippen LogP contribution in [0.3, 0.4) is 0 Å². The Morgan fingerprint density at radius 3 is 2.90 bits per heavy atom. The van der Waals surface area contributed by atoms with Crippen molar-refractivity contribution >= 4 is 5.97 Å². The van der Waals surface area contributed by atoms with Gasteiger partial charge >= 0.3 is 5.97 Å². The SMILES string of the molecule is O=C(O)c1conc1CO. The zero-order valence-corrected chi connectivity index (χ0v) is 4.94. The van der Waals surface area contributed by atoms with Crippen LogP contribution in [-0.2, 0) is 6.61 Å². The van der Waals surface area contributed by atoms with Crippen LogP contribution < -0.4 is 0 Å². The molecule has 1 heterocycles. The molecule has 0 saturated carbocycles. The smallest absolute Gasteiger partial charge is 0.341 e. The zero-order chi connectivity index (χ0) is 7.56. The third-order valence-corrected chi connectivity index (χ3v) is 1.02. The number of carboxylic acid groups (broad SMARTS) is 1. The van der Waals surface area contributed by atoms with Gasteiger partial charge in [0, 0.05) is 0 Å². The highest BCUT2D eigenvalue weighted by Crippen LogP contribution is 2.05. The van der Waals surface area contributed by atoms with E-state index < -0.39 is 12.6 Å². The fourth-order valence-electron chi connectivity index (χ4n) is 0.548. The fraction of sp³-hybridized carbons (Fsp3) is 0.200. The van der Waals surface area contributed by atoms with Crippen LogP contribution in [0.2, 0.25) is 0 Å². The Kier molecular flexibility index (Phi) is 1.68. The molecule has 0 radical (unpaired) electrons. The van der Waals surface area contributed by atoms with Gasteiger partial charge in [0.15, 0.2) is 0 Å². The maximum Gasteiger partial charge on any atom is 0.341 e. The van der Waals surface area contributed by atoms with Crippen molar-refractivity contribution in [2.75, 3.05) is 0 Å². The lowest BCUT2D eigenvalue weighted by molar-refractivity contribution is 0.0693. The van der Waals surface area contributed by atoms with Gasteiger partial charge in [-0.15, -0.1) is 0 Å². The predicted octanol–water partition coefficient (Wildman–Crippen LogP) is -0.135. The summed E-state index contributed by atoms with van der Waals surface area (Å²) in [4.78, 5) is 10.2. The standard InChI is InChI=1S/C5H5NO4/c7-1-4-3(5(8)9)2-10-6-4/h2,7H,1H2,(H,8,9). The average molecular weight is 143 g/mol. The average Bonchev–Trinajstić information content (AvgIpc) is 2.33. The van der Waals surface area contributed by atoms with Gasteiger partial charge in [0.25, 0.3) is 0 Å². The zero-order valence-electron chi connectivity index (χ0n) is 4.94. The molecule has 0 bridgehead atoms. The number of carboxylic acids is 1. The van der Waals surface area contributed by atoms with Crippen LogP contribution in [0, 0.1) is 0 Å². The third-order valence-electron chi connectivity index (χ3n) is 1.02.